The maximum absolute atomic E-state index is 4.76. The first-order chi connectivity index (χ1) is 8.26. The third-order valence-corrected chi connectivity index (χ3v) is 4.61. The number of aryl methyl sites for hydroxylation is 1. The van der Waals surface area contributed by atoms with E-state index in [9.17, 15) is 0 Å². The van der Waals surface area contributed by atoms with Gasteiger partial charge in [0.15, 0.2) is 0 Å². The van der Waals surface area contributed by atoms with E-state index in [2.05, 4.69) is 34.8 Å². The molecule has 0 atom stereocenters. The van der Waals surface area contributed by atoms with Crippen molar-refractivity contribution in [2.24, 2.45) is 0 Å². The molecule has 94 valence electrons. The largest absolute Gasteiger partial charge is 0.372 e. The summed E-state index contributed by atoms with van der Waals surface area (Å²) in [6.45, 7) is 2.16. The molecule has 4 heteroatoms. The van der Waals surface area contributed by atoms with E-state index in [1.165, 1.54) is 41.4 Å². The Hall–Kier alpha value is -0.390. The van der Waals surface area contributed by atoms with Crippen molar-refractivity contribution < 1.29 is 0 Å². The molecule has 1 aromatic rings. The lowest BCUT2D eigenvalue weighted by atomic mass is 9.88. The van der Waals surface area contributed by atoms with Crippen LogP contribution in [0.2, 0.25) is 0 Å². The van der Waals surface area contributed by atoms with Crippen molar-refractivity contribution in [3.05, 3.63) is 15.1 Å². The number of hydrogen-bond donors (Lipinski definition) is 1. The molecule has 0 spiro atoms. The molecule has 1 aliphatic carbocycles. The van der Waals surface area contributed by atoms with Gasteiger partial charge in [-0.3, -0.25) is 0 Å². The summed E-state index contributed by atoms with van der Waals surface area (Å²) in [6.07, 6.45) is 7.53. The maximum Gasteiger partial charge on any atom is 0.143 e. The Labute approximate surface area is 117 Å². The monoisotopic (exact) mass is 345 g/mol. The molecule has 0 unspecified atom stereocenters. The highest BCUT2D eigenvalue weighted by molar-refractivity contribution is 14.1. The number of nitrogens with zero attached hydrogens (tertiary/aromatic N) is 2. The summed E-state index contributed by atoms with van der Waals surface area (Å²) in [6, 6.07) is 0. The fourth-order valence-electron chi connectivity index (χ4n) is 2.46. The van der Waals surface area contributed by atoms with Crippen molar-refractivity contribution in [2.75, 3.05) is 12.4 Å². The summed E-state index contributed by atoms with van der Waals surface area (Å²) in [4.78, 5) is 9.46. The van der Waals surface area contributed by atoms with Gasteiger partial charge in [0.2, 0.25) is 0 Å². The van der Waals surface area contributed by atoms with Crippen LogP contribution in [0.4, 0.5) is 5.82 Å². The Kier molecular flexibility index (Phi) is 4.59. The van der Waals surface area contributed by atoms with Crippen LogP contribution in [0, 0.1) is 3.57 Å². The van der Waals surface area contributed by atoms with Crippen LogP contribution in [0.25, 0.3) is 0 Å². The molecule has 0 saturated heterocycles. The molecule has 2 rings (SSSR count). The first kappa shape index (κ1) is 13.1. The van der Waals surface area contributed by atoms with Crippen molar-refractivity contribution in [1.82, 2.24) is 9.97 Å². The average molecular weight is 345 g/mol. The molecule has 0 bridgehead atoms. The molecule has 1 aliphatic rings. The zero-order chi connectivity index (χ0) is 12.3. The zero-order valence-electron chi connectivity index (χ0n) is 10.6. The van der Waals surface area contributed by atoms with Crippen LogP contribution in [0.3, 0.4) is 0 Å². The van der Waals surface area contributed by atoms with Crippen LogP contribution in [0.5, 0.6) is 0 Å². The van der Waals surface area contributed by atoms with Crippen LogP contribution >= 0.6 is 22.6 Å². The molecule has 1 saturated carbocycles. The molecule has 0 radical (unpaired) electrons. The lowest BCUT2D eigenvalue weighted by molar-refractivity contribution is 0.428. The minimum Gasteiger partial charge on any atom is -0.372 e. The Morgan fingerprint density at radius 1 is 1.24 bits per heavy atom. The van der Waals surface area contributed by atoms with Crippen molar-refractivity contribution >= 4 is 28.4 Å². The van der Waals surface area contributed by atoms with Gasteiger partial charge in [0.1, 0.15) is 11.6 Å². The lowest BCUT2D eigenvalue weighted by Gasteiger charge is -2.21. The standard InChI is InChI=1S/C13H20IN3/c1-3-10-11(14)13(15-2)17-12(16-10)9-7-5-4-6-8-9/h9H,3-8H2,1-2H3,(H,15,16,17). The summed E-state index contributed by atoms with van der Waals surface area (Å²) < 4.78 is 1.17. The molecule has 1 N–H and O–H groups in total. The van der Waals surface area contributed by atoms with Gasteiger partial charge in [0.25, 0.3) is 0 Å². The van der Waals surface area contributed by atoms with Crippen LogP contribution in [-0.4, -0.2) is 17.0 Å². The second kappa shape index (κ2) is 5.98. The van der Waals surface area contributed by atoms with E-state index >= 15 is 0 Å². The van der Waals surface area contributed by atoms with E-state index in [0.29, 0.717) is 5.92 Å². The molecule has 0 aromatic carbocycles. The molecule has 1 aromatic heterocycles. The summed E-state index contributed by atoms with van der Waals surface area (Å²) in [5.41, 5.74) is 1.19. The van der Waals surface area contributed by atoms with Gasteiger partial charge in [-0.15, -0.1) is 0 Å². The predicted octanol–water partition coefficient (Wildman–Crippen LogP) is 3.73. The topological polar surface area (TPSA) is 37.8 Å². The summed E-state index contributed by atoms with van der Waals surface area (Å²) in [7, 11) is 1.94. The maximum atomic E-state index is 4.76. The number of rotatable bonds is 3. The quantitative estimate of drug-likeness (QED) is 0.849. The Morgan fingerprint density at radius 2 is 1.94 bits per heavy atom. The van der Waals surface area contributed by atoms with Gasteiger partial charge in [0, 0.05) is 13.0 Å². The second-order valence-electron chi connectivity index (χ2n) is 4.63. The highest BCUT2D eigenvalue weighted by atomic mass is 127. The van der Waals surface area contributed by atoms with Gasteiger partial charge in [-0.05, 0) is 41.9 Å². The first-order valence-electron chi connectivity index (χ1n) is 6.50. The van der Waals surface area contributed by atoms with Gasteiger partial charge in [-0.25, -0.2) is 9.97 Å². The normalized spacial score (nSPS) is 17.1. The van der Waals surface area contributed by atoms with Crippen LogP contribution in [0.1, 0.15) is 56.5 Å². The van der Waals surface area contributed by atoms with E-state index in [-0.39, 0.29) is 0 Å². The SMILES string of the molecule is CCc1nc(C2CCCCC2)nc(NC)c1I. The van der Waals surface area contributed by atoms with E-state index in [1.807, 2.05) is 7.05 Å². The van der Waals surface area contributed by atoms with Crippen LogP contribution in [0.15, 0.2) is 0 Å². The van der Waals surface area contributed by atoms with Crippen LogP contribution in [-0.2, 0) is 6.42 Å². The number of hydrogen-bond acceptors (Lipinski definition) is 3. The fraction of sp³-hybridized carbons (Fsp3) is 0.692. The first-order valence-corrected chi connectivity index (χ1v) is 7.58. The summed E-state index contributed by atoms with van der Waals surface area (Å²) in [5.74, 6) is 2.64. The Balaban J connectivity index is 2.33. The van der Waals surface area contributed by atoms with E-state index in [1.54, 1.807) is 0 Å². The molecule has 3 nitrogen and oxygen atoms in total. The molecule has 17 heavy (non-hydrogen) atoms. The number of nitrogens with one attached hydrogen (secondary N) is 1. The van der Waals surface area contributed by atoms with Gasteiger partial charge in [-0.1, -0.05) is 26.2 Å². The van der Waals surface area contributed by atoms with E-state index in [0.717, 1.165) is 18.1 Å². The molecule has 0 aliphatic heterocycles. The highest BCUT2D eigenvalue weighted by Crippen LogP contribution is 2.32. The van der Waals surface area contributed by atoms with Gasteiger partial charge in [-0.2, -0.15) is 0 Å². The molecule has 1 fully saturated rings. The van der Waals surface area contributed by atoms with E-state index in [4.69, 9.17) is 9.97 Å². The lowest BCUT2D eigenvalue weighted by Crippen LogP contribution is -2.13. The smallest absolute Gasteiger partial charge is 0.143 e. The van der Waals surface area contributed by atoms with Gasteiger partial charge >= 0.3 is 0 Å². The van der Waals surface area contributed by atoms with Gasteiger partial charge in [0.05, 0.1) is 9.26 Å². The van der Waals surface area contributed by atoms with Crippen LogP contribution < -0.4 is 5.32 Å². The molecule has 0 amide bonds. The molecule has 1 heterocycles. The molecular formula is C13H20IN3. The summed E-state index contributed by atoms with van der Waals surface area (Å²) >= 11 is 2.34. The van der Waals surface area contributed by atoms with Crippen molar-refractivity contribution in [1.29, 1.82) is 0 Å². The number of halogens is 1. The minimum atomic E-state index is 0.582. The zero-order valence-corrected chi connectivity index (χ0v) is 12.7. The second-order valence-corrected chi connectivity index (χ2v) is 5.71. The van der Waals surface area contributed by atoms with Gasteiger partial charge < -0.3 is 5.32 Å². The van der Waals surface area contributed by atoms with E-state index < -0.39 is 0 Å². The highest BCUT2D eigenvalue weighted by Gasteiger charge is 2.20. The third-order valence-electron chi connectivity index (χ3n) is 3.48. The summed E-state index contributed by atoms with van der Waals surface area (Å²) in [5, 5.41) is 3.19. The Morgan fingerprint density at radius 3 is 2.53 bits per heavy atom. The van der Waals surface area contributed by atoms with Crippen molar-refractivity contribution in [2.45, 2.75) is 51.4 Å². The fourth-order valence-corrected chi connectivity index (χ4v) is 3.35. The predicted molar refractivity (Wildman–Crippen MR) is 79.5 cm³/mol. The third kappa shape index (κ3) is 2.89. The van der Waals surface area contributed by atoms with Crippen molar-refractivity contribution in [3.8, 4) is 0 Å². The number of anilines is 1. The Bertz CT molecular complexity index is 361. The number of aromatic nitrogens is 2. The minimum absolute atomic E-state index is 0.582. The van der Waals surface area contributed by atoms with Crippen molar-refractivity contribution in [3.63, 3.8) is 0 Å². The average Bonchev–Trinajstić information content (AvgIpc) is 2.40. The molecular weight excluding hydrogens is 325 g/mol.